The van der Waals surface area contributed by atoms with E-state index in [-0.39, 0.29) is 5.91 Å². The number of nitrogens with one attached hydrogen (secondary N) is 3. The Morgan fingerprint density at radius 1 is 1.17 bits per heavy atom. The minimum Gasteiger partial charge on any atom is -0.358 e. The largest absolute Gasteiger partial charge is 0.358 e. The molecule has 0 bridgehead atoms. The zero-order valence-corrected chi connectivity index (χ0v) is 17.0. The number of aromatic amines is 2. The topological polar surface area (TPSA) is 57.9 Å². The number of benzene rings is 1. The second-order valence-electron chi connectivity index (χ2n) is 8.36. The number of rotatable bonds is 3. The van der Waals surface area contributed by atoms with E-state index in [2.05, 4.69) is 57.0 Å². The van der Waals surface area contributed by atoms with Crippen LogP contribution in [0.5, 0.6) is 0 Å². The lowest BCUT2D eigenvalue weighted by atomic mass is 10.0. The molecule has 0 unspecified atom stereocenters. The lowest BCUT2D eigenvalue weighted by Gasteiger charge is -2.31. The van der Waals surface area contributed by atoms with Crippen LogP contribution in [0.3, 0.4) is 0 Å². The summed E-state index contributed by atoms with van der Waals surface area (Å²) in [5, 5.41) is 1.28. The van der Waals surface area contributed by atoms with Gasteiger partial charge in [-0.3, -0.25) is 9.69 Å². The molecule has 2 aliphatic rings. The van der Waals surface area contributed by atoms with Gasteiger partial charge in [0.25, 0.3) is 11.7 Å². The van der Waals surface area contributed by atoms with Gasteiger partial charge in [0.2, 0.25) is 0 Å². The molecule has 29 heavy (non-hydrogen) atoms. The van der Waals surface area contributed by atoms with Crippen molar-refractivity contribution >= 4 is 22.6 Å². The van der Waals surface area contributed by atoms with Crippen molar-refractivity contribution in [1.29, 1.82) is 0 Å². The minimum absolute atomic E-state index is 0.285. The summed E-state index contributed by atoms with van der Waals surface area (Å²) in [6.07, 6.45) is 2.89. The van der Waals surface area contributed by atoms with Crippen LogP contribution in [-0.4, -0.2) is 55.1 Å². The average molecular weight is 392 g/mol. The Hall–Kier alpha value is -2.86. The number of hydrogen-bond acceptors (Lipinski definition) is 2. The van der Waals surface area contributed by atoms with Crippen LogP contribution in [0, 0.1) is 6.92 Å². The first kappa shape index (κ1) is 18.2. The molecular formula is C23H29N5O+2. The van der Waals surface area contributed by atoms with Crippen LogP contribution in [-0.2, 0) is 17.8 Å². The fraction of sp³-hybridized carbons (Fsp3) is 0.391. The van der Waals surface area contributed by atoms with Gasteiger partial charge in [0.15, 0.2) is 6.54 Å². The van der Waals surface area contributed by atoms with Crippen molar-refractivity contribution in [3.8, 4) is 0 Å². The van der Waals surface area contributed by atoms with Gasteiger partial charge in [-0.25, -0.2) is 4.98 Å². The monoisotopic (exact) mass is 391 g/mol. The Morgan fingerprint density at radius 2 is 2.03 bits per heavy atom. The highest BCUT2D eigenvalue weighted by Crippen LogP contribution is 2.28. The van der Waals surface area contributed by atoms with Crippen LogP contribution in [0.1, 0.15) is 16.8 Å². The van der Waals surface area contributed by atoms with E-state index in [1.165, 1.54) is 32.6 Å². The maximum Gasteiger partial charge on any atom is 0.278 e. The smallest absolute Gasteiger partial charge is 0.278 e. The van der Waals surface area contributed by atoms with Gasteiger partial charge < -0.3 is 14.8 Å². The molecule has 0 atom stereocenters. The number of quaternary nitrogens is 1. The second-order valence-corrected chi connectivity index (χ2v) is 8.36. The molecule has 0 saturated carbocycles. The number of carbonyl (C=O) groups excluding carboxylic acids is 1. The predicted molar refractivity (Wildman–Crippen MR) is 113 cm³/mol. The first-order chi connectivity index (χ1) is 14.2. The van der Waals surface area contributed by atoms with E-state index in [4.69, 9.17) is 0 Å². The van der Waals surface area contributed by atoms with E-state index in [9.17, 15) is 4.79 Å². The van der Waals surface area contributed by atoms with Crippen molar-refractivity contribution in [2.45, 2.75) is 19.9 Å². The van der Waals surface area contributed by atoms with Crippen LogP contribution in [0.2, 0.25) is 0 Å². The number of pyridine rings is 1. The van der Waals surface area contributed by atoms with Crippen LogP contribution in [0.25, 0.3) is 10.9 Å². The van der Waals surface area contributed by atoms with Crippen molar-refractivity contribution in [2.24, 2.45) is 0 Å². The molecule has 1 amide bonds. The third-order valence-corrected chi connectivity index (χ3v) is 6.39. The molecule has 4 heterocycles. The van der Waals surface area contributed by atoms with Crippen LogP contribution < -0.4 is 14.8 Å². The quantitative estimate of drug-likeness (QED) is 0.686. The summed E-state index contributed by atoms with van der Waals surface area (Å²) < 4.78 is 0. The van der Waals surface area contributed by atoms with E-state index in [1.807, 2.05) is 12.3 Å². The molecule has 0 spiro atoms. The maximum atomic E-state index is 13.0. The summed E-state index contributed by atoms with van der Waals surface area (Å²) in [5.74, 6) is 1.45. The highest BCUT2D eigenvalue weighted by molar-refractivity contribution is 5.86. The standard InChI is InChI=1S/C23H27N5O/c1-17-5-6-20-18(14-17)19-15-28(9-7-21(19)25-20)23(29)16-26-10-12-27(13-11-26)22-4-2-3-8-24-22/h2-6,8,14,25H,7,9-13,15-16H2,1H3/p+2. The molecule has 2 aliphatic heterocycles. The van der Waals surface area contributed by atoms with Gasteiger partial charge in [0, 0.05) is 47.7 Å². The van der Waals surface area contributed by atoms with E-state index in [0.29, 0.717) is 6.54 Å². The van der Waals surface area contributed by atoms with Crippen LogP contribution in [0.4, 0.5) is 5.82 Å². The van der Waals surface area contributed by atoms with Crippen molar-refractivity contribution in [3.63, 3.8) is 0 Å². The Morgan fingerprint density at radius 3 is 2.83 bits per heavy atom. The van der Waals surface area contributed by atoms with Gasteiger partial charge in [0.1, 0.15) is 26.2 Å². The number of amides is 1. The zero-order chi connectivity index (χ0) is 19.8. The Bertz CT molecular complexity index is 1020. The number of aryl methyl sites for hydroxylation is 1. The maximum absolute atomic E-state index is 13.0. The number of aromatic nitrogens is 2. The van der Waals surface area contributed by atoms with Gasteiger partial charge in [-0.2, -0.15) is 0 Å². The highest BCUT2D eigenvalue weighted by atomic mass is 16.2. The van der Waals surface area contributed by atoms with Gasteiger partial charge >= 0.3 is 0 Å². The number of anilines is 1. The van der Waals surface area contributed by atoms with Gasteiger partial charge in [-0.15, -0.1) is 0 Å². The summed E-state index contributed by atoms with van der Waals surface area (Å²) in [6, 6.07) is 12.7. The normalized spacial score (nSPS) is 17.6. The molecule has 1 aromatic carbocycles. The van der Waals surface area contributed by atoms with Crippen molar-refractivity contribution in [1.82, 2.24) is 9.88 Å². The molecule has 6 nitrogen and oxygen atoms in total. The van der Waals surface area contributed by atoms with Crippen molar-refractivity contribution in [2.75, 3.05) is 44.2 Å². The van der Waals surface area contributed by atoms with Gasteiger partial charge in [-0.05, 0) is 25.1 Å². The first-order valence-corrected chi connectivity index (χ1v) is 10.6. The lowest BCUT2D eigenvalue weighted by molar-refractivity contribution is -0.892. The minimum atomic E-state index is 0.285. The number of carbonyl (C=O) groups is 1. The van der Waals surface area contributed by atoms with Gasteiger partial charge in [0.05, 0.1) is 6.20 Å². The molecular weight excluding hydrogens is 362 g/mol. The highest BCUT2D eigenvalue weighted by Gasteiger charge is 2.30. The summed E-state index contributed by atoms with van der Waals surface area (Å²) in [6.45, 7) is 8.24. The predicted octanol–water partition coefficient (Wildman–Crippen LogP) is 0.580. The molecule has 0 aliphatic carbocycles. The van der Waals surface area contributed by atoms with Crippen molar-refractivity contribution in [3.05, 3.63) is 59.4 Å². The molecule has 6 heteroatoms. The number of hydrogen-bond donors (Lipinski definition) is 2. The van der Waals surface area contributed by atoms with E-state index < -0.39 is 0 Å². The number of nitrogens with zero attached hydrogens (tertiary/aromatic N) is 2. The fourth-order valence-electron chi connectivity index (χ4n) is 4.69. The van der Waals surface area contributed by atoms with Gasteiger partial charge in [-0.1, -0.05) is 17.7 Å². The summed E-state index contributed by atoms with van der Waals surface area (Å²) in [7, 11) is 0. The third kappa shape index (κ3) is 3.60. The molecule has 150 valence electrons. The Labute approximate surface area is 171 Å². The Kier molecular flexibility index (Phi) is 4.72. The van der Waals surface area contributed by atoms with Crippen molar-refractivity contribution < 1.29 is 14.7 Å². The van der Waals surface area contributed by atoms with Crippen LogP contribution in [0.15, 0.2) is 42.6 Å². The summed E-state index contributed by atoms with van der Waals surface area (Å²) in [5.41, 5.74) is 5.06. The second kappa shape index (κ2) is 7.52. The SMILES string of the molecule is Cc1ccc2[nH]c3c(c2c1)CN(C(=O)C[NH+]1CCN(c2cccc[nH+]2)CC1)CC3. The van der Waals surface area contributed by atoms with Crippen LogP contribution >= 0.6 is 0 Å². The number of H-pyrrole nitrogens is 2. The fourth-order valence-corrected chi connectivity index (χ4v) is 4.69. The van der Waals surface area contributed by atoms with E-state index in [0.717, 1.165) is 51.5 Å². The summed E-state index contributed by atoms with van der Waals surface area (Å²) >= 11 is 0. The molecule has 1 fully saturated rings. The molecule has 5 rings (SSSR count). The average Bonchev–Trinajstić information content (AvgIpc) is 3.12. The molecule has 1 saturated heterocycles. The first-order valence-electron chi connectivity index (χ1n) is 10.6. The molecule has 3 N–H and O–H groups in total. The molecule has 2 aromatic heterocycles. The third-order valence-electron chi connectivity index (χ3n) is 6.39. The zero-order valence-electron chi connectivity index (χ0n) is 17.0. The van der Waals surface area contributed by atoms with E-state index in [1.54, 1.807) is 0 Å². The molecule has 0 radical (unpaired) electrons. The Balaban J connectivity index is 1.21. The lowest BCUT2D eigenvalue weighted by Crippen LogP contribution is -3.16. The number of piperazine rings is 1. The number of fused-ring (bicyclic) bond motifs is 3. The van der Waals surface area contributed by atoms with E-state index >= 15 is 0 Å². The molecule has 3 aromatic rings. The summed E-state index contributed by atoms with van der Waals surface area (Å²) in [4.78, 5) is 25.7.